The second kappa shape index (κ2) is 5.67. The van der Waals surface area contributed by atoms with Gasteiger partial charge in [-0.25, -0.2) is 4.79 Å². The smallest absolute Gasteiger partial charge is 0.335 e. The van der Waals surface area contributed by atoms with Gasteiger partial charge in [0, 0.05) is 25.5 Å². The summed E-state index contributed by atoms with van der Waals surface area (Å²) in [7, 11) is 0. The summed E-state index contributed by atoms with van der Waals surface area (Å²) in [6.45, 7) is 0. The van der Waals surface area contributed by atoms with Crippen molar-refractivity contribution in [1.29, 1.82) is 0 Å². The van der Waals surface area contributed by atoms with E-state index < -0.39 is 0 Å². The minimum atomic E-state index is -0.303. The third-order valence-corrected chi connectivity index (χ3v) is 0.606. The molecule has 0 aliphatic heterocycles. The van der Waals surface area contributed by atoms with Gasteiger partial charge in [0.2, 0.25) is 0 Å². The van der Waals surface area contributed by atoms with Crippen LogP contribution in [0.5, 0.6) is 0 Å². The monoisotopic (exact) mass is 178 g/mol. The van der Waals surface area contributed by atoms with E-state index in [9.17, 15) is 4.79 Å². The number of hydrogen-bond acceptors (Lipinski definition) is 2. The third-order valence-electron chi connectivity index (χ3n) is 0.606. The Bertz CT molecular complexity index is 178. The van der Waals surface area contributed by atoms with E-state index >= 15 is 0 Å². The van der Waals surface area contributed by atoms with Crippen molar-refractivity contribution >= 4 is 0 Å². The summed E-state index contributed by atoms with van der Waals surface area (Å²) in [5.41, 5.74) is -0.303. The normalized spacial score (nSPS) is 6.67. The molecule has 0 aromatic carbocycles. The van der Waals surface area contributed by atoms with Gasteiger partial charge in [0.1, 0.15) is 0 Å². The molecule has 46 valence electrons. The summed E-state index contributed by atoms with van der Waals surface area (Å²) in [4.78, 5) is 10.1. The fraction of sp³-hybridized carbons (Fsp3) is 0. The first-order chi connectivity index (χ1) is 3.39. The summed E-state index contributed by atoms with van der Waals surface area (Å²) in [6.07, 6.45) is 1.35. The van der Waals surface area contributed by atoms with Crippen molar-refractivity contribution in [2.45, 2.75) is 0 Å². The molecule has 3 nitrogen and oxygen atoms in total. The van der Waals surface area contributed by atoms with Crippen LogP contribution in [-0.2, 0) is 19.5 Å². The molecule has 0 saturated heterocycles. The van der Waals surface area contributed by atoms with Crippen molar-refractivity contribution in [3.05, 3.63) is 34.9 Å². The van der Waals surface area contributed by atoms with Crippen LogP contribution >= 0.6 is 0 Å². The Morgan fingerprint density at radius 3 is 2.22 bits per heavy atom. The molecule has 1 aromatic heterocycles. The van der Waals surface area contributed by atoms with Gasteiger partial charge in [0.05, 0.1) is 6.26 Å². The minimum Gasteiger partial charge on any atom is -0.431 e. The largest absolute Gasteiger partial charge is 0.431 e. The molecular weight excluding hydrogens is 173 g/mol. The van der Waals surface area contributed by atoms with E-state index in [-0.39, 0.29) is 30.6 Å². The van der Waals surface area contributed by atoms with Crippen LogP contribution in [0.4, 0.5) is 0 Å². The third kappa shape index (κ3) is 4.06. The first kappa shape index (κ1) is 11.3. The standard InChI is InChI=1S/C5H4O2.H2O.Zn/c6-5-3-1-2-4-7-5;;/h1-4H;1H2;. The van der Waals surface area contributed by atoms with Gasteiger partial charge < -0.3 is 9.89 Å². The van der Waals surface area contributed by atoms with Crippen molar-refractivity contribution in [3.63, 3.8) is 0 Å². The van der Waals surface area contributed by atoms with E-state index in [2.05, 4.69) is 4.42 Å². The zero-order chi connectivity index (χ0) is 5.11. The van der Waals surface area contributed by atoms with E-state index in [1.807, 2.05) is 0 Å². The van der Waals surface area contributed by atoms with Crippen LogP contribution in [0.15, 0.2) is 33.7 Å². The fourth-order valence-electron chi connectivity index (χ4n) is 0.325. The Balaban J connectivity index is 0. The van der Waals surface area contributed by atoms with Gasteiger partial charge in [-0.15, -0.1) is 0 Å². The molecule has 1 heterocycles. The molecule has 0 saturated carbocycles. The Morgan fingerprint density at radius 2 is 2.00 bits per heavy atom. The van der Waals surface area contributed by atoms with E-state index in [0.29, 0.717) is 0 Å². The second-order valence-electron chi connectivity index (χ2n) is 1.12. The molecule has 0 atom stereocenters. The maximum absolute atomic E-state index is 10.1. The Hall–Kier alpha value is -0.467. The SMILES string of the molecule is O.O=c1cccco1.[Zn]. The van der Waals surface area contributed by atoms with Gasteiger partial charge in [0.25, 0.3) is 0 Å². The molecule has 0 amide bonds. The molecular formula is C5H6O3Zn. The molecule has 0 fully saturated rings. The molecule has 0 spiro atoms. The van der Waals surface area contributed by atoms with Crippen LogP contribution in [0.25, 0.3) is 0 Å². The van der Waals surface area contributed by atoms with Crippen LogP contribution in [0.1, 0.15) is 0 Å². The van der Waals surface area contributed by atoms with Crippen molar-refractivity contribution < 1.29 is 29.4 Å². The molecule has 1 rings (SSSR count). The zero-order valence-electron chi connectivity index (χ0n) is 4.83. The maximum Gasteiger partial charge on any atom is 0.335 e. The average molecular weight is 179 g/mol. The predicted octanol–water partition coefficient (Wildman–Crippen LogP) is -0.187. The zero-order valence-corrected chi connectivity index (χ0v) is 7.80. The molecule has 0 aliphatic rings. The van der Waals surface area contributed by atoms with Crippen LogP contribution in [-0.4, -0.2) is 5.48 Å². The van der Waals surface area contributed by atoms with Gasteiger partial charge in [-0.1, -0.05) is 6.07 Å². The molecule has 0 aliphatic carbocycles. The summed E-state index contributed by atoms with van der Waals surface area (Å²) >= 11 is 0. The van der Waals surface area contributed by atoms with Crippen molar-refractivity contribution in [1.82, 2.24) is 0 Å². The van der Waals surface area contributed by atoms with Gasteiger partial charge >= 0.3 is 5.63 Å². The molecule has 0 bridgehead atoms. The van der Waals surface area contributed by atoms with Crippen molar-refractivity contribution in [3.8, 4) is 0 Å². The maximum atomic E-state index is 10.1. The van der Waals surface area contributed by atoms with E-state index in [4.69, 9.17) is 0 Å². The van der Waals surface area contributed by atoms with Crippen molar-refractivity contribution in [2.75, 3.05) is 0 Å². The molecule has 9 heavy (non-hydrogen) atoms. The first-order valence-electron chi connectivity index (χ1n) is 1.93. The molecule has 4 heteroatoms. The van der Waals surface area contributed by atoms with Crippen LogP contribution in [0.2, 0.25) is 0 Å². The minimum absolute atomic E-state index is 0. The summed E-state index contributed by atoms with van der Waals surface area (Å²) < 4.78 is 4.37. The van der Waals surface area contributed by atoms with Crippen LogP contribution in [0, 0.1) is 0 Å². The molecule has 0 radical (unpaired) electrons. The number of rotatable bonds is 0. The van der Waals surface area contributed by atoms with E-state index in [0.717, 1.165) is 0 Å². The Morgan fingerprint density at radius 1 is 1.33 bits per heavy atom. The van der Waals surface area contributed by atoms with Gasteiger partial charge in [-0.05, 0) is 6.07 Å². The quantitative estimate of drug-likeness (QED) is 0.519. The summed E-state index contributed by atoms with van der Waals surface area (Å²) in [6, 6.07) is 4.65. The van der Waals surface area contributed by atoms with E-state index in [1.54, 1.807) is 12.1 Å². The molecule has 0 unspecified atom stereocenters. The summed E-state index contributed by atoms with van der Waals surface area (Å²) in [5.74, 6) is 0. The van der Waals surface area contributed by atoms with Crippen molar-refractivity contribution in [2.24, 2.45) is 0 Å². The topological polar surface area (TPSA) is 61.7 Å². The van der Waals surface area contributed by atoms with Gasteiger partial charge in [-0.3, -0.25) is 0 Å². The van der Waals surface area contributed by atoms with Gasteiger partial charge in [0.15, 0.2) is 0 Å². The molecule has 2 N–H and O–H groups in total. The predicted molar refractivity (Wildman–Crippen MR) is 28.6 cm³/mol. The Labute approximate surface area is 64.8 Å². The molecule has 1 aromatic rings. The summed E-state index contributed by atoms with van der Waals surface area (Å²) in [5, 5.41) is 0. The van der Waals surface area contributed by atoms with Crippen LogP contribution < -0.4 is 5.63 Å². The van der Waals surface area contributed by atoms with E-state index in [1.165, 1.54) is 12.3 Å². The second-order valence-corrected chi connectivity index (χ2v) is 1.12. The Kier molecular flexibility index (Phi) is 7.14. The van der Waals surface area contributed by atoms with Gasteiger partial charge in [-0.2, -0.15) is 0 Å². The average Bonchev–Trinajstić information content (AvgIpc) is 1.69. The fourth-order valence-corrected chi connectivity index (χ4v) is 0.325. The first-order valence-corrected chi connectivity index (χ1v) is 1.93. The van der Waals surface area contributed by atoms with Crippen LogP contribution in [0.3, 0.4) is 0 Å². The number of hydrogen-bond donors (Lipinski definition) is 0.